The first-order chi connectivity index (χ1) is 12.4. The SMILES string of the molecule is Cc1ccc(Oc2ccc(NC(=O)N3CC[C@@H](O)[C@@H](C)C3)cn2)cc1C. The Morgan fingerprint density at radius 3 is 2.73 bits per heavy atom. The Labute approximate surface area is 153 Å². The molecular formula is C20H25N3O3. The summed E-state index contributed by atoms with van der Waals surface area (Å²) >= 11 is 0. The molecule has 2 heterocycles. The highest BCUT2D eigenvalue weighted by molar-refractivity contribution is 5.89. The zero-order valence-corrected chi connectivity index (χ0v) is 15.4. The molecule has 0 aliphatic carbocycles. The minimum atomic E-state index is -0.331. The number of nitrogens with one attached hydrogen (secondary N) is 1. The quantitative estimate of drug-likeness (QED) is 0.880. The minimum absolute atomic E-state index is 0.0846. The Morgan fingerprint density at radius 2 is 2.08 bits per heavy atom. The van der Waals surface area contributed by atoms with Crippen LogP contribution >= 0.6 is 0 Å². The number of piperidine rings is 1. The third-order valence-corrected chi connectivity index (χ3v) is 4.84. The molecule has 1 aliphatic heterocycles. The molecule has 3 rings (SSSR count). The van der Waals surface area contributed by atoms with Crippen LogP contribution in [0.4, 0.5) is 10.5 Å². The van der Waals surface area contributed by atoms with Crippen LogP contribution in [0.2, 0.25) is 0 Å². The topological polar surface area (TPSA) is 74.7 Å². The smallest absolute Gasteiger partial charge is 0.321 e. The van der Waals surface area contributed by atoms with Crippen molar-refractivity contribution in [1.82, 2.24) is 9.88 Å². The molecule has 0 spiro atoms. The van der Waals surface area contributed by atoms with Crippen LogP contribution in [-0.4, -0.2) is 40.2 Å². The Balaban J connectivity index is 1.59. The normalized spacial score (nSPS) is 19.9. The van der Waals surface area contributed by atoms with Gasteiger partial charge in [-0.1, -0.05) is 13.0 Å². The standard InChI is InChI=1S/C20H25N3O3/c1-13-4-6-17(10-14(13)2)26-19-7-5-16(11-21-19)22-20(25)23-9-8-18(24)15(3)12-23/h4-7,10-11,15,18,24H,8-9,12H2,1-3H3,(H,22,25)/t15-,18+/m0/s1. The van der Waals surface area contributed by atoms with Gasteiger partial charge in [-0.25, -0.2) is 9.78 Å². The molecule has 1 aromatic heterocycles. The van der Waals surface area contributed by atoms with Crippen molar-refractivity contribution in [2.45, 2.75) is 33.3 Å². The first-order valence-electron chi connectivity index (χ1n) is 8.87. The number of aromatic nitrogens is 1. The molecule has 138 valence electrons. The number of aliphatic hydroxyl groups excluding tert-OH is 1. The van der Waals surface area contributed by atoms with E-state index < -0.39 is 0 Å². The molecule has 1 aliphatic rings. The molecule has 26 heavy (non-hydrogen) atoms. The third kappa shape index (κ3) is 4.32. The second-order valence-corrected chi connectivity index (χ2v) is 6.94. The van der Waals surface area contributed by atoms with Crippen molar-refractivity contribution in [1.29, 1.82) is 0 Å². The number of aryl methyl sites for hydroxylation is 2. The van der Waals surface area contributed by atoms with Gasteiger partial charge in [0.15, 0.2) is 0 Å². The van der Waals surface area contributed by atoms with Crippen LogP contribution < -0.4 is 10.1 Å². The summed E-state index contributed by atoms with van der Waals surface area (Å²) in [6, 6.07) is 9.21. The predicted molar refractivity (Wildman–Crippen MR) is 101 cm³/mol. The molecule has 1 aromatic carbocycles. The maximum Gasteiger partial charge on any atom is 0.321 e. The lowest BCUT2D eigenvalue weighted by molar-refractivity contribution is 0.0506. The fourth-order valence-electron chi connectivity index (χ4n) is 2.93. The van der Waals surface area contributed by atoms with Crippen molar-refractivity contribution < 1.29 is 14.6 Å². The monoisotopic (exact) mass is 355 g/mol. The van der Waals surface area contributed by atoms with E-state index in [1.807, 2.05) is 32.0 Å². The van der Waals surface area contributed by atoms with E-state index in [1.54, 1.807) is 23.2 Å². The van der Waals surface area contributed by atoms with Gasteiger partial charge in [0, 0.05) is 19.2 Å². The number of likely N-dealkylation sites (tertiary alicyclic amines) is 1. The van der Waals surface area contributed by atoms with Gasteiger partial charge >= 0.3 is 6.03 Å². The van der Waals surface area contributed by atoms with Crippen molar-refractivity contribution in [3.8, 4) is 11.6 Å². The van der Waals surface area contributed by atoms with Crippen molar-refractivity contribution >= 4 is 11.7 Å². The number of benzene rings is 1. The number of amides is 2. The van der Waals surface area contributed by atoms with E-state index in [4.69, 9.17) is 4.74 Å². The minimum Gasteiger partial charge on any atom is -0.439 e. The van der Waals surface area contributed by atoms with Gasteiger partial charge in [0.25, 0.3) is 0 Å². The Hall–Kier alpha value is -2.60. The lowest BCUT2D eigenvalue weighted by Gasteiger charge is -2.34. The molecule has 1 saturated heterocycles. The van der Waals surface area contributed by atoms with Crippen molar-refractivity contribution in [3.63, 3.8) is 0 Å². The highest BCUT2D eigenvalue weighted by Crippen LogP contribution is 2.23. The van der Waals surface area contributed by atoms with Crippen molar-refractivity contribution in [3.05, 3.63) is 47.7 Å². The van der Waals surface area contributed by atoms with Gasteiger partial charge in [-0.3, -0.25) is 0 Å². The average Bonchev–Trinajstić information content (AvgIpc) is 2.62. The van der Waals surface area contributed by atoms with Gasteiger partial charge in [0.05, 0.1) is 18.0 Å². The highest BCUT2D eigenvalue weighted by atomic mass is 16.5. The number of carbonyl (C=O) groups excluding carboxylic acids is 1. The summed E-state index contributed by atoms with van der Waals surface area (Å²) in [6.45, 7) is 7.14. The Morgan fingerprint density at radius 1 is 1.27 bits per heavy atom. The molecule has 0 saturated carbocycles. The molecule has 2 amide bonds. The van der Waals surface area contributed by atoms with Crippen LogP contribution in [0.15, 0.2) is 36.5 Å². The molecule has 0 unspecified atom stereocenters. The van der Waals surface area contributed by atoms with Gasteiger partial charge in [-0.05, 0) is 55.5 Å². The second-order valence-electron chi connectivity index (χ2n) is 6.94. The Kier molecular flexibility index (Phi) is 5.42. The van der Waals surface area contributed by atoms with Gasteiger partial charge in [0.1, 0.15) is 5.75 Å². The number of anilines is 1. The van der Waals surface area contributed by atoms with Crippen LogP contribution in [0.25, 0.3) is 0 Å². The van der Waals surface area contributed by atoms with E-state index in [1.165, 1.54) is 5.56 Å². The van der Waals surface area contributed by atoms with E-state index in [9.17, 15) is 9.90 Å². The summed E-state index contributed by atoms with van der Waals surface area (Å²) in [5.74, 6) is 1.29. The fraction of sp³-hybridized carbons (Fsp3) is 0.400. The highest BCUT2D eigenvalue weighted by Gasteiger charge is 2.27. The number of aliphatic hydroxyl groups is 1. The molecule has 2 atom stereocenters. The number of nitrogens with zero attached hydrogens (tertiary/aromatic N) is 2. The largest absolute Gasteiger partial charge is 0.439 e. The predicted octanol–water partition coefficient (Wildman–Crippen LogP) is 3.73. The average molecular weight is 355 g/mol. The first kappa shape index (κ1) is 18.2. The number of carbonyl (C=O) groups is 1. The maximum atomic E-state index is 12.3. The van der Waals surface area contributed by atoms with Gasteiger partial charge in [-0.15, -0.1) is 0 Å². The summed E-state index contributed by atoms with van der Waals surface area (Å²) in [5, 5.41) is 12.6. The zero-order chi connectivity index (χ0) is 18.7. The van der Waals surface area contributed by atoms with Crippen LogP contribution in [0, 0.1) is 19.8 Å². The lowest BCUT2D eigenvalue weighted by atomic mass is 9.97. The van der Waals surface area contributed by atoms with Gasteiger partial charge < -0.3 is 20.1 Å². The van der Waals surface area contributed by atoms with Crippen molar-refractivity contribution in [2.75, 3.05) is 18.4 Å². The molecule has 6 heteroatoms. The molecular weight excluding hydrogens is 330 g/mol. The third-order valence-electron chi connectivity index (χ3n) is 4.84. The first-order valence-corrected chi connectivity index (χ1v) is 8.87. The fourth-order valence-corrected chi connectivity index (χ4v) is 2.93. The van der Waals surface area contributed by atoms with Crippen LogP contribution in [0.1, 0.15) is 24.5 Å². The number of hydrogen-bond acceptors (Lipinski definition) is 4. The van der Waals surface area contributed by atoms with E-state index in [-0.39, 0.29) is 18.1 Å². The number of urea groups is 1. The van der Waals surface area contributed by atoms with E-state index >= 15 is 0 Å². The molecule has 2 N–H and O–H groups in total. The van der Waals surface area contributed by atoms with Crippen LogP contribution in [0.3, 0.4) is 0 Å². The summed E-state index contributed by atoms with van der Waals surface area (Å²) in [6.07, 6.45) is 1.86. The summed E-state index contributed by atoms with van der Waals surface area (Å²) in [7, 11) is 0. The molecule has 2 aromatic rings. The molecule has 0 radical (unpaired) electrons. The van der Waals surface area contributed by atoms with Gasteiger partial charge in [-0.2, -0.15) is 0 Å². The second kappa shape index (κ2) is 7.74. The molecule has 0 bridgehead atoms. The van der Waals surface area contributed by atoms with Crippen LogP contribution in [-0.2, 0) is 0 Å². The number of hydrogen-bond donors (Lipinski definition) is 2. The maximum absolute atomic E-state index is 12.3. The molecule has 1 fully saturated rings. The van der Waals surface area contributed by atoms with Gasteiger partial charge in [0.2, 0.25) is 5.88 Å². The van der Waals surface area contributed by atoms with Crippen molar-refractivity contribution in [2.24, 2.45) is 5.92 Å². The Bertz CT molecular complexity index is 776. The summed E-state index contributed by atoms with van der Waals surface area (Å²) < 4.78 is 5.75. The number of ether oxygens (including phenoxy) is 1. The zero-order valence-electron chi connectivity index (χ0n) is 15.4. The summed E-state index contributed by atoms with van der Waals surface area (Å²) in [5.41, 5.74) is 2.98. The summed E-state index contributed by atoms with van der Waals surface area (Å²) in [4.78, 5) is 18.3. The number of rotatable bonds is 3. The molecule has 6 nitrogen and oxygen atoms in total. The lowest BCUT2D eigenvalue weighted by Crippen LogP contribution is -2.46. The van der Waals surface area contributed by atoms with Crippen LogP contribution in [0.5, 0.6) is 11.6 Å². The van der Waals surface area contributed by atoms with E-state index in [2.05, 4.69) is 17.2 Å². The van der Waals surface area contributed by atoms with E-state index in [0.717, 1.165) is 11.3 Å². The van der Waals surface area contributed by atoms with E-state index in [0.29, 0.717) is 31.1 Å². The number of pyridine rings is 1.